The van der Waals surface area contributed by atoms with Gasteiger partial charge >= 0.3 is 0 Å². The summed E-state index contributed by atoms with van der Waals surface area (Å²) in [5.41, 5.74) is 1.85. The summed E-state index contributed by atoms with van der Waals surface area (Å²) in [6.07, 6.45) is 10.2. The topological polar surface area (TPSA) is 53.0 Å². The van der Waals surface area contributed by atoms with Crippen molar-refractivity contribution in [1.29, 1.82) is 0 Å². The van der Waals surface area contributed by atoms with E-state index in [1.165, 1.54) is 32.1 Å². The van der Waals surface area contributed by atoms with E-state index in [1.807, 2.05) is 0 Å². The van der Waals surface area contributed by atoms with Crippen molar-refractivity contribution >= 4 is 0 Å². The second-order valence-corrected chi connectivity index (χ2v) is 9.08. The van der Waals surface area contributed by atoms with Crippen LogP contribution in [0.3, 0.4) is 0 Å². The molecule has 3 rings (SSSR count). The van der Waals surface area contributed by atoms with Crippen LogP contribution in [0.1, 0.15) is 65.7 Å². The van der Waals surface area contributed by atoms with Crippen LogP contribution in [0, 0.1) is 22.7 Å². The van der Waals surface area contributed by atoms with Crippen molar-refractivity contribution in [1.82, 2.24) is 0 Å². The number of fused-ring (bicyclic) bond motifs is 1. The number of aliphatic hydroxyl groups excluding tert-OH is 2. The Labute approximate surface area is 141 Å². The van der Waals surface area contributed by atoms with Crippen LogP contribution >= 0.6 is 0 Å². The second-order valence-electron chi connectivity index (χ2n) is 9.08. The summed E-state index contributed by atoms with van der Waals surface area (Å²) in [5.74, 6) is 1.32. The number of rotatable bonds is 5. The maximum atomic E-state index is 9.50. The SMILES string of the molecule is CC1(C)CCC[C@@]2(C)[C@H]1CC[C@]1(CO1)[C@@H]2C/C=C(/CO)CCO. The first-order chi connectivity index (χ1) is 10.9. The quantitative estimate of drug-likeness (QED) is 0.599. The Hall–Kier alpha value is -0.380. The molecule has 1 heterocycles. The van der Waals surface area contributed by atoms with Gasteiger partial charge in [0, 0.05) is 6.61 Å². The Morgan fingerprint density at radius 2 is 1.91 bits per heavy atom. The molecule has 3 heteroatoms. The summed E-state index contributed by atoms with van der Waals surface area (Å²) in [6, 6.07) is 0. The lowest BCUT2D eigenvalue weighted by Gasteiger charge is -2.59. The Kier molecular flexibility index (Phi) is 4.67. The van der Waals surface area contributed by atoms with Crippen LogP contribution in [-0.4, -0.2) is 35.6 Å². The molecule has 132 valence electrons. The first kappa shape index (κ1) is 17.4. The zero-order valence-corrected chi connectivity index (χ0v) is 15.1. The lowest BCUT2D eigenvalue weighted by atomic mass is 9.46. The van der Waals surface area contributed by atoms with Crippen molar-refractivity contribution in [2.45, 2.75) is 71.3 Å². The molecular formula is C20H34O3. The predicted octanol–water partition coefficient (Wildman–Crippen LogP) is 3.69. The summed E-state index contributed by atoms with van der Waals surface area (Å²) in [5, 5.41) is 18.7. The van der Waals surface area contributed by atoms with Crippen LogP contribution in [0.15, 0.2) is 11.6 Å². The number of allylic oxidation sites excluding steroid dienone is 1. The lowest BCUT2D eigenvalue weighted by Crippen LogP contribution is -2.54. The van der Waals surface area contributed by atoms with Gasteiger partial charge in [-0.05, 0) is 66.8 Å². The third kappa shape index (κ3) is 3.01. The fraction of sp³-hybridized carbons (Fsp3) is 0.900. The molecule has 2 aliphatic carbocycles. The van der Waals surface area contributed by atoms with Crippen molar-refractivity contribution in [2.75, 3.05) is 19.8 Å². The van der Waals surface area contributed by atoms with E-state index in [4.69, 9.17) is 9.84 Å². The lowest BCUT2D eigenvalue weighted by molar-refractivity contribution is -0.104. The van der Waals surface area contributed by atoms with Crippen LogP contribution in [-0.2, 0) is 4.74 Å². The minimum absolute atomic E-state index is 0.0623. The highest BCUT2D eigenvalue weighted by Crippen LogP contribution is 2.66. The van der Waals surface area contributed by atoms with Gasteiger partial charge in [-0.15, -0.1) is 0 Å². The summed E-state index contributed by atoms with van der Waals surface area (Å²) in [4.78, 5) is 0. The van der Waals surface area contributed by atoms with Gasteiger partial charge < -0.3 is 14.9 Å². The highest BCUT2D eigenvalue weighted by molar-refractivity contribution is 5.16. The molecule has 0 aromatic rings. The van der Waals surface area contributed by atoms with Crippen LogP contribution in [0.5, 0.6) is 0 Å². The van der Waals surface area contributed by atoms with Gasteiger partial charge in [-0.2, -0.15) is 0 Å². The largest absolute Gasteiger partial charge is 0.396 e. The highest BCUT2D eigenvalue weighted by atomic mass is 16.6. The van der Waals surface area contributed by atoms with Crippen molar-refractivity contribution in [2.24, 2.45) is 22.7 Å². The van der Waals surface area contributed by atoms with Gasteiger partial charge in [0.25, 0.3) is 0 Å². The van der Waals surface area contributed by atoms with E-state index in [-0.39, 0.29) is 18.8 Å². The highest BCUT2D eigenvalue weighted by Gasteiger charge is 2.64. The molecule has 3 aliphatic rings. The minimum Gasteiger partial charge on any atom is -0.396 e. The molecule has 0 radical (unpaired) electrons. The molecule has 0 amide bonds. The molecule has 0 aromatic carbocycles. The Balaban J connectivity index is 1.85. The molecule has 4 atom stereocenters. The number of epoxide rings is 1. The zero-order valence-electron chi connectivity index (χ0n) is 15.1. The minimum atomic E-state index is 0.0623. The molecule has 1 saturated heterocycles. The van der Waals surface area contributed by atoms with Gasteiger partial charge in [0.05, 0.1) is 18.8 Å². The molecule has 2 saturated carbocycles. The van der Waals surface area contributed by atoms with Gasteiger partial charge in [-0.3, -0.25) is 0 Å². The maximum Gasteiger partial charge on any atom is 0.0952 e. The fourth-order valence-corrected chi connectivity index (χ4v) is 6.06. The molecule has 1 aliphatic heterocycles. The van der Waals surface area contributed by atoms with Crippen molar-refractivity contribution < 1.29 is 14.9 Å². The number of aliphatic hydroxyl groups is 2. The van der Waals surface area contributed by atoms with Crippen molar-refractivity contribution in [3.63, 3.8) is 0 Å². The maximum absolute atomic E-state index is 9.50. The predicted molar refractivity (Wildman–Crippen MR) is 92.1 cm³/mol. The summed E-state index contributed by atoms with van der Waals surface area (Å²) in [6.45, 7) is 8.52. The smallest absolute Gasteiger partial charge is 0.0952 e. The van der Waals surface area contributed by atoms with E-state index in [2.05, 4.69) is 26.8 Å². The molecule has 0 unspecified atom stereocenters. The van der Waals surface area contributed by atoms with Crippen LogP contribution in [0.25, 0.3) is 0 Å². The second kappa shape index (κ2) is 6.16. The molecule has 23 heavy (non-hydrogen) atoms. The molecule has 3 fully saturated rings. The number of ether oxygens (including phenoxy) is 1. The average Bonchev–Trinajstić information content (AvgIpc) is 3.24. The van der Waals surface area contributed by atoms with E-state index >= 15 is 0 Å². The molecule has 0 bridgehead atoms. The van der Waals surface area contributed by atoms with E-state index in [9.17, 15) is 5.11 Å². The van der Waals surface area contributed by atoms with Crippen LogP contribution < -0.4 is 0 Å². The summed E-state index contributed by atoms with van der Waals surface area (Å²) in [7, 11) is 0. The molecular weight excluding hydrogens is 288 g/mol. The first-order valence-electron chi connectivity index (χ1n) is 9.41. The van der Waals surface area contributed by atoms with Crippen LogP contribution in [0.2, 0.25) is 0 Å². The fourth-order valence-electron chi connectivity index (χ4n) is 6.06. The third-order valence-corrected chi connectivity index (χ3v) is 7.36. The van der Waals surface area contributed by atoms with E-state index in [1.54, 1.807) is 0 Å². The molecule has 1 spiro atoms. The normalized spacial score (nSPS) is 42.6. The van der Waals surface area contributed by atoms with E-state index in [0.29, 0.717) is 23.2 Å². The molecule has 3 nitrogen and oxygen atoms in total. The van der Waals surface area contributed by atoms with Gasteiger partial charge in [0.1, 0.15) is 0 Å². The van der Waals surface area contributed by atoms with E-state index < -0.39 is 0 Å². The molecule has 2 N–H and O–H groups in total. The van der Waals surface area contributed by atoms with Crippen molar-refractivity contribution in [3.05, 3.63) is 11.6 Å². The Morgan fingerprint density at radius 3 is 2.52 bits per heavy atom. The Morgan fingerprint density at radius 1 is 1.17 bits per heavy atom. The van der Waals surface area contributed by atoms with Crippen LogP contribution in [0.4, 0.5) is 0 Å². The number of hydrogen-bond donors (Lipinski definition) is 2. The number of hydrogen-bond acceptors (Lipinski definition) is 3. The third-order valence-electron chi connectivity index (χ3n) is 7.36. The van der Waals surface area contributed by atoms with Gasteiger partial charge in [0.2, 0.25) is 0 Å². The van der Waals surface area contributed by atoms with E-state index in [0.717, 1.165) is 24.5 Å². The van der Waals surface area contributed by atoms with Gasteiger partial charge in [-0.1, -0.05) is 33.3 Å². The van der Waals surface area contributed by atoms with Gasteiger partial charge in [-0.25, -0.2) is 0 Å². The molecule has 0 aromatic heterocycles. The van der Waals surface area contributed by atoms with Crippen molar-refractivity contribution in [3.8, 4) is 0 Å². The first-order valence-corrected chi connectivity index (χ1v) is 9.41. The van der Waals surface area contributed by atoms with Gasteiger partial charge in [0.15, 0.2) is 0 Å². The monoisotopic (exact) mass is 322 g/mol. The standard InChI is InChI=1S/C20H34O3/c1-18(2)9-4-10-19(3)16(18)7-11-20(14-23-20)17(19)6-5-15(13-22)8-12-21/h5,16-17,21-22H,4,6-14H2,1-3H3/b15-5+/t16-,17+,19-,20-/m0/s1. The summed E-state index contributed by atoms with van der Waals surface area (Å²) < 4.78 is 6.02. The Bertz CT molecular complexity index is 464. The average molecular weight is 322 g/mol. The zero-order chi connectivity index (χ0) is 16.7. The summed E-state index contributed by atoms with van der Waals surface area (Å²) >= 11 is 0.